The van der Waals surface area contributed by atoms with Gasteiger partial charge in [-0.3, -0.25) is 4.79 Å². The Balaban J connectivity index is 1.71. The van der Waals surface area contributed by atoms with Crippen LogP contribution in [0.15, 0.2) is 0 Å². The van der Waals surface area contributed by atoms with Gasteiger partial charge >= 0.3 is 0 Å². The van der Waals surface area contributed by atoms with Crippen LogP contribution in [0.1, 0.15) is 46.5 Å². The van der Waals surface area contributed by atoms with Crippen molar-refractivity contribution in [2.24, 2.45) is 11.8 Å². The molecule has 0 radical (unpaired) electrons. The van der Waals surface area contributed by atoms with Gasteiger partial charge in [0, 0.05) is 19.1 Å². The topological polar surface area (TPSA) is 32.3 Å². The van der Waals surface area contributed by atoms with E-state index in [0.717, 1.165) is 24.9 Å². The van der Waals surface area contributed by atoms with E-state index in [1.165, 1.54) is 25.7 Å². The van der Waals surface area contributed by atoms with Gasteiger partial charge in [0.15, 0.2) is 0 Å². The normalized spacial score (nSPS) is 30.5. The summed E-state index contributed by atoms with van der Waals surface area (Å²) in [6, 6.07) is 0.579. The minimum Gasteiger partial charge on any atom is -0.341 e. The maximum atomic E-state index is 12.1. The Morgan fingerprint density at radius 3 is 2.29 bits per heavy atom. The second-order valence-corrected chi connectivity index (χ2v) is 6.09. The smallest absolute Gasteiger partial charge is 0.239 e. The summed E-state index contributed by atoms with van der Waals surface area (Å²) in [5, 5.41) is 3.49. The monoisotopic (exact) mass is 238 g/mol. The quantitative estimate of drug-likeness (QED) is 0.812. The lowest BCUT2D eigenvalue weighted by Crippen LogP contribution is -2.52. The van der Waals surface area contributed by atoms with Crippen molar-refractivity contribution in [3.05, 3.63) is 0 Å². The van der Waals surface area contributed by atoms with Gasteiger partial charge in [-0.1, -0.05) is 13.8 Å². The molecule has 1 saturated heterocycles. The van der Waals surface area contributed by atoms with Crippen LogP contribution in [-0.4, -0.2) is 36.0 Å². The van der Waals surface area contributed by atoms with Gasteiger partial charge in [0.25, 0.3) is 0 Å². The van der Waals surface area contributed by atoms with Crippen molar-refractivity contribution in [1.29, 1.82) is 0 Å². The Morgan fingerprint density at radius 1 is 1.18 bits per heavy atom. The molecule has 0 aromatic rings. The highest BCUT2D eigenvalue weighted by atomic mass is 16.2. The Hall–Kier alpha value is -0.570. The highest BCUT2D eigenvalue weighted by Gasteiger charge is 2.33. The van der Waals surface area contributed by atoms with Crippen molar-refractivity contribution in [2.45, 2.75) is 58.5 Å². The maximum absolute atomic E-state index is 12.1. The minimum absolute atomic E-state index is 0.00575. The molecule has 0 bridgehead atoms. The van der Waals surface area contributed by atoms with E-state index in [9.17, 15) is 4.79 Å². The molecule has 3 nitrogen and oxygen atoms in total. The summed E-state index contributed by atoms with van der Waals surface area (Å²) in [5.41, 5.74) is 0. The molecule has 1 aliphatic heterocycles. The standard InChI is InChI=1S/C14H26N2O/c1-10(2)12-8-13(9-12)15-11(3)14(17)16-6-4-5-7-16/h10-13,15H,4-9H2,1-3H3. The molecule has 98 valence electrons. The number of likely N-dealkylation sites (tertiary alicyclic amines) is 1. The van der Waals surface area contributed by atoms with Crippen molar-refractivity contribution >= 4 is 5.91 Å². The summed E-state index contributed by atoms with van der Waals surface area (Å²) in [5.74, 6) is 1.95. The lowest BCUT2D eigenvalue weighted by atomic mass is 9.73. The van der Waals surface area contributed by atoms with Crippen LogP contribution in [0.3, 0.4) is 0 Å². The Morgan fingerprint density at radius 2 is 1.76 bits per heavy atom. The number of carbonyl (C=O) groups excluding carboxylic acids is 1. The molecule has 1 N–H and O–H groups in total. The van der Waals surface area contributed by atoms with Gasteiger partial charge in [-0.05, 0) is 44.4 Å². The molecule has 17 heavy (non-hydrogen) atoms. The molecule has 2 rings (SSSR count). The highest BCUT2D eigenvalue weighted by molar-refractivity contribution is 5.81. The van der Waals surface area contributed by atoms with Crippen molar-refractivity contribution in [1.82, 2.24) is 10.2 Å². The molecule has 2 aliphatic rings. The van der Waals surface area contributed by atoms with E-state index in [1.54, 1.807) is 0 Å². The second-order valence-electron chi connectivity index (χ2n) is 6.09. The summed E-state index contributed by atoms with van der Waals surface area (Å²) in [6.07, 6.45) is 4.85. The first-order valence-electron chi connectivity index (χ1n) is 7.12. The fourth-order valence-electron chi connectivity index (χ4n) is 2.98. The molecule has 2 fully saturated rings. The molecule has 1 aliphatic carbocycles. The van der Waals surface area contributed by atoms with E-state index < -0.39 is 0 Å². The Labute approximate surface area is 105 Å². The maximum Gasteiger partial charge on any atom is 0.239 e. The summed E-state index contributed by atoms with van der Waals surface area (Å²) in [7, 11) is 0. The van der Waals surface area contributed by atoms with Crippen molar-refractivity contribution in [3.63, 3.8) is 0 Å². The summed E-state index contributed by atoms with van der Waals surface area (Å²) in [6.45, 7) is 8.52. The fourth-order valence-corrected chi connectivity index (χ4v) is 2.98. The molecule has 3 heteroatoms. The first kappa shape index (κ1) is 12.9. The molecule has 1 saturated carbocycles. The van der Waals surface area contributed by atoms with E-state index in [4.69, 9.17) is 0 Å². The number of amides is 1. The van der Waals surface area contributed by atoms with Gasteiger partial charge in [0.1, 0.15) is 0 Å². The number of carbonyl (C=O) groups is 1. The minimum atomic E-state index is 0.00575. The Kier molecular flexibility index (Phi) is 4.08. The second kappa shape index (κ2) is 5.38. The third-order valence-electron chi connectivity index (χ3n) is 4.39. The number of hydrogen-bond acceptors (Lipinski definition) is 2. The van der Waals surface area contributed by atoms with Crippen molar-refractivity contribution in [2.75, 3.05) is 13.1 Å². The van der Waals surface area contributed by atoms with Gasteiger partial charge in [0.2, 0.25) is 5.91 Å². The SMILES string of the molecule is CC(NC1CC(C(C)C)C1)C(=O)N1CCCC1. The highest BCUT2D eigenvalue weighted by Crippen LogP contribution is 2.33. The summed E-state index contributed by atoms with van der Waals surface area (Å²) in [4.78, 5) is 14.1. The van der Waals surface area contributed by atoms with Crippen molar-refractivity contribution < 1.29 is 4.79 Å². The van der Waals surface area contributed by atoms with Crippen LogP contribution in [-0.2, 0) is 4.79 Å². The first-order chi connectivity index (χ1) is 8.08. The number of rotatable bonds is 4. The Bertz CT molecular complexity index is 265. The number of hydrogen-bond donors (Lipinski definition) is 1. The van der Waals surface area contributed by atoms with Crippen LogP contribution in [0.5, 0.6) is 0 Å². The van der Waals surface area contributed by atoms with Gasteiger partial charge in [0.05, 0.1) is 6.04 Å². The van der Waals surface area contributed by atoms with E-state index in [2.05, 4.69) is 19.2 Å². The molecule has 0 aromatic carbocycles. The molecule has 0 spiro atoms. The van der Waals surface area contributed by atoms with Crippen LogP contribution < -0.4 is 5.32 Å². The molecule has 0 aromatic heterocycles. The van der Waals surface area contributed by atoms with Gasteiger partial charge < -0.3 is 10.2 Å². The van der Waals surface area contributed by atoms with E-state index >= 15 is 0 Å². The summed E-state index contributed by atoms with van der Waals surface area (Å²) < 4.78 is 0. The number of nitrogens with zero attached hydrogens (tertiary/aromatic N) is 1. The van der Waals surface area contributed by atoms with Crippen LogP contribution in [0.2, 0.25) is 0 Å². The molecule has 1 amide bonds. The lowest BCUT2D eigenvalue weighted by molar-refractivity contribution is -0.132. The third kappa shape index (κ3) is 3.01. The van der Waals surface area contributed by atoms with E-state index in [1.807, 2.05) is 11.8 Å². The predicted octanol–water partition coefficient (Wildman–Crippen LogP) is 2.02. The third-order valence-corrected chi connectivity index (χ3v) is 4.39. The van der Waals surface area contributed by atoms with Crippen LogP contribution >= 0.6 is 0 Å². The van der Waals surface area contributed by atoms with Crippen molar-refractivity contribution in [3.8, 4) is 0 Å². The summed E-state index contributed by atoms with van der Waals surface area (Å²) >= 11 is 0. The van der Waals surface area contributed by atoms with E-state index in [0.29, 0.717) is 11.9 Å². The first-order valence-corrected chi connectivity index (χ1v) is 7.12. The fraction of sp³-hybridized carbons (Fsp3) is 0.929. The van der Waals surface area contributed by atoms with Gasteiger partial charge in [-0.15, -0.1) is 0 Å². The zero-order chi connectivity index (χ0) is 12.4. The molecular weight excluding hydrogens is 212 g/mol. The predicted molar refractivity (Wildman–Crippen MR) is 69.8 cm³/mol. The lowest BCUT2D eigenvalue weighted by Gasteiger charge is -2.40. The van der Waals surface area contributed by atoms with Crippen LogP contribution in [0, 0.1) is 11.8 Å². The average molecular weight is 238 g/mol. The molecule has 1 atom stereocenters. The van der Waals surface area contributed by atoms with E-state index in [-0.39, 0.29) is 6.04 Å². The van der Waals surface area contributed by atoms with Gasteiger partial charge in [-0.2, -0.15) is 0 Å². The molecule has 1 heterocycles. The molecule has 1 unspecified atom stereocenters. The van der Waals surface area contributed by atoms with Crippen LogP contribution in [0.25, 0.3) is 0 Å². The zero-order valence-electron chi connectivity index (χ0n) is 11.4. The zero-order valence-corrected chi connectivity index (χ0v) is 11.4. The number of nitrogens with one attached hydrogen (secondary N) is 1. The molecular formula is C14H26N2O. The average Bonchev–Trinajstić information content (AvgIpc) is 2.73. The van der Waals surface area contributed by atoms with Crippen LogP contribution in [0.4, 0.5) is 0 Å². The largest absolute Gasteiger partial charge is 0.341 e. The van der Waals surface area contributed by atoms with Gasteiger partial charge in [-0.25, -0.2) is 0 Å².